The van der Waals surface area contributed by atoms with Gasteiger partial charge >= 0.3 is 0 Å². The van der Waals surface area contributed by atoms with Crippen LogP contribution in [0.1, 0.15) is 5.82 Å². The smallest absolute Gasteiger partial charge is 0.189 e. The average Bonchev–Trinajstić information content (AvgIpc) is 2.67. The summed E-state index contributed by atoms with van der Waals surface area (Å²) in [6, 6.07) is 8.77. The molecule has 0 fully saturated rings. The third kappa shape index (κ3) is 1.43. The lowest BCUT2D eigenvalue weighted by molar-refractivity contribution is 0.785. The van der Waals surface area contributed by atoms with Gasteiger partial charge in [0.15, 0.2) is 0 Å². The number of hydrogen-bond acceptors (Lipinski definition) is 4. The molecule has 68 valence electrons. The van der Waals surface area contributed by atoms with E-state index >= 15 is 0 Å². The Bertz CT molecular complexity index is 481. The van der Waals surface area contributed by atoms with Crippen molar-refractivity contribution in [1.82, 2.24) is 20.2 Å². The third-order valence-corrected chi connectivity index (χ3v) is 1.89. The topological polar surface area (TPSA) is 67.4 Å². The van der Waals surface area contributed by atoms with Crippen molar-refractivity contribution in [3.8, 4) is 11.8 Å². The fraction of sp³-hybridized carbons (Fsp3) is 0. The Balaban J connectivity index is 2.50. The van der Waals surface area contributed by atoms with E-state index in [4.69, 9.17) is 16.9 Å². The number of nitriles is 1. The number of nitrogens with zero attached hydrogens (tertiary/aromatic N) is 5. The van der Waals surface area contributed by atoms with Crippen LogP contribution in [0.2, 0.25) is 5.02 Å². The normalized spacial score (nSPS) is 9.71. The Morgan fingerprint density at radius 2 is 2.00 bits per heavy atom. The Kier molecular flexibility index (Phi) is 2.13. The summed E-state index contributed by atoms with van der Waals surface area (Å²) in [5.41, 5.74) is 0.705. The predicted octanol–water partition coefficient (Wildman–Crippen LogP) is 1.19. The van der Waals surface area contributed by atoms with E-state index in [9.17, 15) is 0 Å². The van der Waals surface area contributed by atoms with Crippen LogP contribution >= 0.6 is 11.6 Å². The van der Waals surface area contributed by atoms with Crippen molar-refractivity contribution in [1.29, 1.82) is 5.26 Å². The molecule has 0 saturated heterocycles. The van der Waals surface area contributed by atoms with Gasteiger partial charge in [-0.1, -0.05) is 16.7 Å². The summed E-state index contributed by atoms with van der Waals surface area (Å²) in [6.07, 6.45) is 0. The number of aromatic nitrogens is 4. The van der Waals surface area contributed by atoms with E-state index in [-0.39, 0.29) is 5.82 Å². The first-order valence-electron chi connectivity index (χ1n) is 3.75. The molecule has 2 rings (SSSR count). The minimum absolute atomic E-state index is 0.146. The number of hydrogen-bond donors (Lipinski definition) is 0. The quantitative estimate of drug-likeness (QED) is 0.701. The van der Waals surface area contributed by atoms with Crippen LogP contribution in [-0.4, -0.2) is 20.2 Å². The van der Waals surface area contributed by atoms with Crippen LogP contribution in [0.25, 0.3) is 5.69 Å². The Morgan fingerprint density at radius 1 is 1.29 bits per heavy atom. The highest BCUT2D eigenvalue weighted by Gasteiger charge is 2.05. The first-order valence-corrected chi connectivity index (χ1v) is 4.13. The lowest BCUT2D eigenvalue weighted by Gasteiger charge is -1.98. The highest BCUT2D eigenvalue weighted by atomic mass is 35.5. The minimum Gasteiger partial charge on any atom is -0.189 e. The molecule has 2 aromatic rings. The predicted molar refractivity (Wildman–Crippen MR) is 48.9 cm³/mol. The molecule has 0 atom stereocenters. The molecule has 6 heteroatoms. The second-order valence-corrected chi connectivity index (χ2v) is 2.94. The van der Waals surface area contributed by atoms with Gasteiger partial charge in [0.2, 0.25) is 0 Å². The number of tetrazole rings is 1. The van der Waals surface area contributed by atoms with Gasteiger partial charge in [-0.3, -0.25) is 0 Å². The van der Waals surface area contributed by atoms with Gasteiger partial charge in [-0.15, -0.1) is 0 Å². The maximum absolute atomic E-state index is 8.68. The van der Waals surface area contributed by atoms with E-state index in [0.717, 1.165) is 0 Å². The molecule has 14 heavy (non-hydrogen) atoms. The molecular formula is C8H4ClN5. The Labute approximate surface area is 84.5 Å². The van der Waals surface area contributed by atoms with Crippen LogP contribution in [0.5, 0.6) is 0 Å². The fourth-order valence-corrected chi connectivity index (χ4v) is 1.14. The maximum atomic E-state index is 8.68. The molecule has 0 bridgehead atoms. The summed E-state index contributed by atoms with van der Waals surface area (Å²) in [4.78, 5) is 0. The standard InChI is InChI=1S/C8H4ClN5/c9-6-1-3-7(4-2-6)14-8(5-10)11-12-13-14/h1-4H. The lowest BCUT2D eigenvalue weighted by atomic mass is 10.3. The Morgan fingerprint density at radius 3 is 2.64 bits per heavy atom. The summed E-state index contributed by atoms with van der Waals surface area (Å²) in [6.45, 7) is 0. The molecule has 5 nitrogen and oxygen atoms in total. The molecule has 0 aliphatic carbocycles. The van der Waals surface area contributed by atoms with Gasteiger partial charge in [0, 0.05) is 5.02 Å². The van der Waals surface area contributed by atoms with Crippen LogP contribution in [0, 0.1) is 11.3 Å². The monoisotopic (exact) mass is 205 g/mol. The van der Waals surface area contributed by atoms with E-state index in [1.807, 2.05) is 6.07 Å². The van der Waals surface area contributed by atoms with Gasteiger partial charge in [-0.25, -0.2) is 0 Å². The highest BCUT2D eigenvalue weighted by molar-refractivity contribution is 6.30. The molecule has 0 radical (unpaired) electrons. The zero-order valence-electron chi connectivity index (χ0n) is 6.92. The highest BCUT2D eigenvalue weighted by Crippen LogP contribution is 2.12. The van der Waals surface area contributed by atoms with Gasteiger partial charge < -0.3 is 0 Å². The SMILES string of the molecule is N#Cc1nnnn1-c1ccc(Cl)cc1. The molecule has 0 aliphatic heterocycles. The van der Waals surface area contributed by atoms with Crippen molar-refractivity contribution in [2.75, 3.05) is 0 Å². The van der Waals surface area contributed by atoms with Gasteiger partial charge in [0.05, 0.1) is 5.69 Å². The van der Waals surface area contributed by atoms with Gasteiger partial charge in [-0.05, 0) is 34.7 Å². The first kappa shape index (κ1) is 8.66. The van der Waals surface area contributed by atoms with Gasteiger partial charge in [0.25, 0.3) is 5.82 Å². The summed E-state index contributed by atoms with van der Waals surface area (Å²) < 4.78 is 1.34. The minimum atomic E-state index is 0.146. The van der Waals surface area contributed by atoms with E-state index in [0.29, 0.717) is 10.7 Å². The molecule has 0 amide bonds. The zero-order valence-corrected chi connectivity index (χ0v) is 7.68. The van der Waals surface area contributed by atoms with Crippen molar-refractivity contribution in [3.63, 3.8) is 0 Å². The van der Waals surface area contributed by atoms with Crippen LogP contribution in [0.4, 0.5) is 0 Å². The third-order valence-electron chi connectivity index (χ3n) is 1.64. The molecule has 0 aliphatic rings. The molecule has 1 aromatic heterocycles. The van der Waals surface area contributed by atoms with Gasteiger partial charge in [0.1, 0.15) is 6.07 Å². The van der Waals surface area contributed by atoms with Crippen LogP contribution in [0.3, 0.4) is 0 Å². The first-order chi connectivity index (χ1) is 6.81. The second kappa shape index (κ2) is 3.44. The second-order valence-electron chi connectivity index (χ2n) is 2.50. The van der Waals surface area contributed by atoms with E-state index in [1.54, 1.807) is 24.3 Å². The van der Waals surface area contributed by atoms with Crippen LogP contribution in [-0.2, 0) is 0 Å². The average molecular weight is 206 g/mol. The lowest BCUT2D eigenvalue weighted by Crippen LogP contribution is -1.99. The molecular weight excluding hydrogens is 202 g/mol. The number of rotatable bonds is 1. The van der Waals surface area contributed by atoms with Crippen molar-refractivity contribution >= 4 is 11.6 Å². The molecule has 0 spiro atoms. The van der Waals surface area contributed by atoms with Gasteiger partial charge in [-0.2, -0.15) is 9.94 Å². The van der Waals surface area contributed by atoms with E-state index in [1.165, 1.54) is 4.68 Å². The summed E-state index contributed by atoms with van der Waals surface area (Å²) >= 11 is 5.72. The molecule has 0 N–H and O–H groups in total. The largest absolute Gasteiger partial charge is 0.257 e. The summed E-state index contributed by atoms with van der Waals surface area (Å²) in [7, 11) is 0. The molecule has 0 saturated carbocycles. The maximum Gasteiger partial charge on any atom is 0.257 e. The van der Waals surface area contributed by atoms with Crippen molar-refractivity contribution < 1.29 is 0 Å². The molecule has 1 heterocycles. The van der Waals surface area contributed by atoms with Crippen LogP contribution in [0.15, 0.2) is 24.3 Å². The van der Waals surface area contributed by atoms with Crippen molar-refractivity contribution in [3.05, 3.63) is 35.1 Å². The zero-order chi connectivity index (χ0) is 9.97. The molecule has 0 unspecified atom stereocenters. The summed E-state index contributed by atoms with van der Waals surface area (Å²) in [5.74, 6) is 0.146. The summed E-state index contributed by atoms with van der Waals surface area (Å²) in [5, 5.41) is 19.9. The number of benzene rings is 1. The van der Waals surface area contributed by atoms with Crippen LogP contribution < -0.4 is 0 Å². The molecule has 1 aromatic carbocycles. The Hall–Kier alpha value is -1.93. The fourth-order valence-electron chi connectivity index (χ4n) is 1.01. The number of halogens is 1. The van der Waals surface area contributed by atoms with Crippen molar-refractivity contribution in [2.24, 2.45) is 0 Å². The van der Waals surface area contributed by atoms with E-state index in [2.05, 4.69) is 15.5 Å². The van der Waals surface area contributed by atoms with E-state index < -0.39 is 0 Å². The van der Waals surface area contributed by atoms with Crippen molar-refractivity contribution in [2.45, 2.75) is 0 Å².